The Labute approximate surface area is 100 Å². The van der Waals surface area contributed by atoms with Crippen molar-refractivity contribution in [3.05, 3.63) is 0 Å². The fourth-order valence-electron chi connectivity index (χ4n) is 1.13. The average Bonchev–Trinajstić information content (AvgIpc) is 2.34. The summed E-state index contributed by atoms with van der Waals surface area (Å²) in [6.07, 6.45) is -0.214. The Morgan fingerprint density at radius 1 is 1.41 bits per heavy atom. The van der Waals surface area contributed by atoms with Crippen LogP contribution in [0.4, 0.5) is 0 Å². The fourth-order valence-corrected chi connectivity index (χ4v) is 1.13. The molecule has 0 aromatic carbocycles. The molecule has 0 fully saturated rings. The first kappa shape index (κ1) is 15.8. The lowest BCUT2D eigenvalue weighted by atomic mass is 10.1. The molecule has 0 saturated carbocycles. The first-order valence-electron chi connectivity index (χ1n) is 5.31. The fraction of sp³-hybridized carbons (Fsp3) is 0.800. The van der Waals surface area contributed by atoms with E-state index in [4.69, 9.17) is 10.5 Å². The molecule has 0 aromatic heterocycles. The van der Waals surface area contributed by atoms with Gasteiger partial charge >= 0.3 is 5.97 Å². The highest BCUT2D eigenvalue weighted by molar-refractivity contribution is 5.82. The SMILES string of the molecule is COCCCC(N)C(=O)NCC(O)C(=O)OC. The Balaban J connectivity index is 3.80. The number of nitrogens with two attached hydrogens (primary N) is 1. The van der Waals surface area contributed by atoms with Crippen molar-refractivity contribution in [2.24, 2.45) is 5.73 Å². The number of carbonyl (C=O) groups excluding carboxylic acids is 2. The van der Waals surface area contributed by atoms with E-state index in [0.717, 1.165) is 7.11 Å². The molecule has 1 amide bonds. The number of carbonyl (C=O) groups is 2. The van der Waals surface area contributed by atoms with Crippen molar-refractivity contribution in [1.29, 1.82) is 0 Å². The van der Waals surface area contributed by atoms with Crippen LogP contribution in [0, 0.1) is 0 Å². The molecule has 17 heavy (non-hydrogen) atoms. The molecule has 0 aromatic rings. The van der Waals surface area contributed by atoms with E-state index in [0.29, 0.717) is 19.4 Å². The van der Waals surface area contributed by atoms with Crippen LogP contribution in [0.15, 0.2) is 0 Å². The summed E-state index contributed by atoms with van der Waals surface area (Å²) in [4.78, 5) is 22.2. The summed E-state index contributed by atoms with van der Waals surface area (Å²) in [5.74, 6) is -1.21. The minimum absolute atomic E-state index is 0.205. The highest BCUT2D eigenvalue weighted by Crippen LogP contribution is 1.95. The molecule has 0 aliphatic heterocycles. The third-order valence-electron chi connectivity index (χ3n) is 2.14. The van der Waals surface area contributed by atoms with Crippen molar-refractivity contribution < 1.29 is 24.2 Å². The number of esters is 1. The molecule has 4 N–H and O–H groups in total. The average molecular weight is 248 g/mol. The van der Waals surface area contributed by atoms with Gasteiger partial charge in [0, 0.05) is 13.7 Å². The Morgan fingerprint density at radius 3 is 2.59 bits per heavy atom. The third kappa shape index (κ3) is 6.88. The number of nitrogens with one attached hydrogen (secondary N) is 1. The van der Waals surface area contributed by atoms with E-state index in [2.05, 4.69) is 10.1 Å². The minimum atomic E-state index is -1.37. The molecule has 0 aliphatic carbocycles. The summed E-state index contributed by atoms with van der Waals surface area (Å²) in [6, 6.07) is -0.671. The Morgan fingerprint density at radius 2 is 2.06 bits per heavy atom. The third-order valence-corrected chi connectivity index (χ3v) is 2.14. The lowest BCUT2D eigenvalue weighted by molar-refractivity contribution is -0.150. The first-order valence-corrected chi connectivity index (χ1v) is 5.31. The van der Waals surface area contributed by atoms with E-state index < -0.39 is 24.0 Å². The van der Waals surface area contributed by atoms with Crippen LogP contribution in [0.5, 0.6) is 0 Å². The van der Waals surface area contributed by atoms with Crippen LogP contribution in [0.1, 0.15) is 12.8 Å². The van der Waals surface area contributed by atoms with Gasteiger partial charge in [0.2, 0.25) is 5.91 Å². The van der Waals surface area contributed by atoms with Gasteiger partial charge in [-0.05, 0) is 12.8 Å². The second-order valence-electron chi connectivity index (χ2n) is 3.53. The van der Waals surface area contributed by atoms with Gasteiger partial charge < -0.3 is 25.6 Å². The maximum atomic E-state index is 11.4. The Hall–Kier alpha value is -1.18. The van der Waals surface area contributed by atoms with Gasteiger partial charge in [-0.1, -0.05) is 0 Å². The van der Waals surface area contributed by atoms with Crippen LogP contribution < -0.4 is 11.1 Å². The summed E-state index contributed by atoms with van der Waals surface area (Å²) in [5, 5.41) is 11.6. The highest BCUT2D eigenvalue weighted by Gasteiger charge is 2.18. The summed E-state index contributed by atoms with van der Waals surface area (Å²) >= 11 is 0. The normalized spacial score (nSPS) is 13.9. The zero-order valence-corrected chi connectivity index (χ0v) is 10.1. The number of ether oxygens (including phenoxy) is 2. The van der Waals surface area contributed by atoms with Gasteiger partial charge in [0.25, 0.3) is 0 Å². The van der Waals surface area contributed by atoms with Gasteiger partial charge in [-0.15, -0.1) is 0 Å². The number of methoxy groups -OCH3 is 2. The molecule has 0 bridgehead atoms. The maximum absolute atomic E-state index is 11.4. The van der Waals surface area contributed by atoms with Crippen molar-refractivity contribution >= 4 is 11.9 Å². The molecule has 0 saturated heterocycles. The molecule has 7 nitrogen and oxygen atoms in total. The van der Waals surface area contributed by atoms with Crippen molar-refractivity contribution in [3.63, 3.8) is 0 Å². The predicted molar refractivity (Wildman–Crippen MR) is 60.1 cm³/mol. The highest BCUT2D eigenvalue weighted by atomic mass is 16.5. The summed E-state index contributed by atoms with van der Waals surface area (Å²) in [5.41, 5.74) is 5.59. The number of aliphatic hydroxyl groups is 1. The quantitative estimate of drug-likeness (QED) is 0.352. The van der Waals surface area contributed by atoms with E-state index in [1.165, 1.54) is 0 Å². The second kappa shape index (κ2) is 8.91. The zero-order chi connectivity index (χ0) is 13.3. The zero-order valence-electron chi connectivity index (χ0n) is 10.1. The smallest absolute Gasteiger partial charge is 0.336 e. The van der Waals surface area contributed by atoms with Gasteiger partial charge in [-0.25, -0.2) is 4.79 Å². The minimum Gasteiger partial charge on any atom is -0.467 e. The van der Waals surface area contributed by atoms with Gasteiger partial charge in [0.15, 0.2) is 6.10 Å². The number of amides is 1. The van der Waals surface area contributed by atoms with Gasteiger partial charge in [0.1, 0.15) is 0 Å². The van der Waals surface area contributed by atoms with E-state index in [9.17, 15) is 14.7 Å². The predicted octanol–water partition coefficient (Wildman–Crippen LogP) is -1.61. The lowest BCUT2D eigenvalue weighted by Crippen LogP contribution is -2.45. The largest absolute Gasteiger partial charge is 0.467 e. The van der Waals surface area contributed by atoms with Crippen molar-refractivity contribution in [3.8, 4) is 0 Å². The van der Waals surface area contributed by atoms with Crippen LogP contribution in [-0.4, -0.2) is 56.5 Å². The number of hydrogen-bond donors (Lipinski definition) is 3. The molecule has 0 heterocycles. The van der Waals surface area contributed by atoms with E-state index in [1.807, 2.05) is 0 Å². The molecule has 0 spiro atoms. The second-order valence-corrected chi connectivity index (χ2v) is 3.53. The van der Waals surface area contributed by atoms with Gasteiger partial charge in [-0.2, -0.15) is 0 Å². The molecular formula is C10H20N2O5. The number of rotatable bonds is 8. The molecule has 100 valence electrons. The number of aliphatic hydroxyl groups excluding tert-OH is 1. The summed E-state index contributed by atoms with van der Waals surface area (Å²) in [6.45, 7) is 0.329. The van der Waals surface area contributed by atoms with Gasteiger partial charge in [-0.3, -0.25) is 4.79 Å². The monoisotopic (exact) mass is 248 g/mol. The topological polar surface area (TPSA) is 111 Å². The molecular weight excluding hydrogens is 228 g/mol. The molecule has 0 rings (SSSR count). The summed E-state index contributed by atoms with van der Waals surface area (Å²) < 4.78 is 9.12. The Kier molecular flexibility index (Phi) is 8.29. The van der Waals surface area contributed by atoms with E-state index in [-0.39, 0.29) is 6.54 Å². The van der Waals surface area contributed by atoms with Crippen LogP contribution in [0.25, 0.3) is 0 Å². The lowest BCUT2D eigenvalue weighted by Gasteiger charge is -2.13. The van der Waals surface area contributed by atoms with E-state index in [1.54, 1.807) is 7.11 Å². The van der Waals surface area contributed by atoms with Crippen LogP contribution in [-0.2, 0) is 19.1 Å². The van der Waals surface area contributed by atoms with Crippen LogP contribution in [0.3, 0.4) is 0 Å². The van der Waals surface area contributed by atoms with Gasteiger partial charge in [0.05, 0.1) is 19.7 Å². The maximum Gasteiger partial charge on any atom is 0.336 e. The van der Waals surface area contributed by atoms with Crippen LogP contribution >= 0.6 is 0 Å². The van der Waals surface area contributed by atoms with Crippen molar-refractivity contribution in [2.45, 2.75) is 25.0 Å². The molecule has 0 radical (unpaired) electrons. The molecule has 7 heteroatoms. The molecule has 2 atom stereocenters. The molecule has 2 unspecified atom stereocenters. The summed E-state index contributed by atoms with van der Waals surface area (Å²) in [7, 11) is 2.72. The first-order chi connectivity index (χ1) is 8.02. The van der Waals surface area contributed by atoms with Crippen LogP contribution in [0.2, 0.25) is 0 Å². The van der Waals surface area contributed by atoms with Crippen molar-refractivity contribution in [1.82, 2.24) is 5.32 Å². The standard InChI is InChI=1S/C10H20N2O5/c1-16-5-3-4-7(11)9(14)12-6-8(13)10(15)17-2/h7-8,13H,3-6,11H2,1-2H3,(H,12,14). The van der Waals surface area contributed by atoms with E-state index >= 15 is 0 Å². The number of hydrogen-bond acceptors (Lipinski definition) is 6. The van der Waals surface area contributed by atoms with Crippen molar-refractivity contribution in [2.75, 3.05) is 27.4 Å². The Bertz CT molecular complexity index is 247. The molecule has 0 aliphatic rings.